The van der Waals surface area contributed by atoms with Crippen LogP contribution in [0, 0.1) is 0 Å². The molecule has 19 heavy (non-hydrogen) atoms. The fourth-order valence-corrected chi connectivity index (χ4v) is 2.35. The first-order valence-corrected chi connectivity index (χ1v) is 6.61. The topological polar surface area (TPSA) is 44.8 Å². The summed E-state index contributed by atoms with van der Waals surface area (Å²) in [5, 5.41) is 0.474. The standard InChI is InChI=1S/C14H17ClO4/c1-4-17-13(16)14(2,3)9-7-11-12(8-10(9)15)19-6-5-18-11/h7-8H,4-6H2,1-3H3. The van der Waals surface area contributed by atoms with Gasteiger partial charge < -0.3 is 14.2 Å². The third-order valence-corrected chi connectivity index (χ3v) is 3.40. The average molecular weight is 285 g/mol. The Labute approximate surface area is 117 Å². The summed E-state index contributed by atoms with van der Waals surface area (Å²) in [6.07, 6.45) is 0. The van der Waals surface area contributed by atoms with E-state index in [0.717, 1.165) is 0 Å². The molecule has 0 spiro atoms. The van der Waals surface area contributed by atoms with E-state index in [4.69, 9.17) is 25.8 Å². The lowest BCUT2D eigenvalue weighted by Gasteiger charge is -2.26. The van der Waals surface area contributed by atoms with Gasteiger partial charge in [-0.3, -0.25) is 4.79 Å². The van der Waals surface area contributed by atoms with Crippen LogP contribution < -0.4 is 9.47 Å². The normalized spacial score (nSPS) is 14.1. The molecule has 1 aliphatic rings. The number of halogens is 1. The Morgan fingerprint density at radius 3 is 2.47 bits per heavy atom. The predicted molar refractivity (Wildman–Crippen MR) is 72.1 cm³/mol. The monoisotopic (exact) mass is 284 g/mol. The van der Waals surface area contributed by atoms with E-state index in [1.54, 1.807) is 32.9 Å². The lowest BCUT2D eigenvalue weighted by molar-refractivity contribution is -0.148. The van der Waals surface area contributed by atoms with Crippen molar-refractivity contribution in [2.24, 2.45) is 0 Å². The Kier molecular flexibility index (Phi) is 3.90. The van der Waals surface area contributed by atoms with Crippen LogP contribution in [0.2, 0.25) is 5.02 Å². The second-order valence-electron chi connectivity index (χ2n) is 4.82. The molecule has 0 unspecified atom stereocenters. The molecule has 104 valence electrons. The summed E-state index contributed by atoms with van der Waals surface area (Å²) in [6, 6.07) is 3.44. The number of hydrogen-bond donors (Lipinski definition) is 0. The molecule has 4 nitrogen and oxygen atoms in total. The molecule has 0 radical (unpaired) electrons. The summed E-state index contributed by atoms with van der Waals surface area (Å²) in [4.78, 5) is 12.0. The summed E-state index contributed by atoms with van der Waals surface area (Å²) in [7, 11) is 0. The zero-order chi connectivity index (χ0) is 14.0. The molecule has 1 heterocycles. The van der Waals surface area contributed by atoms with E-state index in [-0.39, 0.29) is 5.97 Å². The third-order valence-electron chi connectivity index (χ3n) is 3.09. The van der Waals surface area contributed by atoms with Crippen molar-refractivity contribution in [1.82, 2.24) is 0 Å². The van der Waals surface area contributed by atoms with E-state index in [2.05, 4.69) is 0 Å². The van der Waals surface area contributed by atoms with Gasteiger partial charge in [-0.1, -0.05) is 11.6 Å². The molecule has 0 amide bonds. The minimum Gasteiger partial charge on any atom is -0.486 e. The summed E-state index contributed by atoms with van der Waals surface area (Å²) in [5.41, 5.74) is -0.153. The average Bonchev–Trinajstić information content (AvgIpc) is 2.38. The van der Waals surface area contributed by atoms with E-state index >= 15 is 0 Å². The van der Waals surface area contributed by atoms with Gasteiger partial charge in [-0.25, -0.2) is 0 Å². The van der Waals surface area contributed by atoms with Crippen LogP contribution in [-0.4, -0.2) is 25.8 Å². The lowest BCUT2D eigenvalue weighted by Crippen LogP contribution is -2.31. The molecule has 0 aliphatic carbocycles. The SMILES string of the molecule is CCOC(=O)C(C)(C)c1cc2c(cc1Cl)OCCO2. The van der Waals surface area contributed by atoms with Gasteiger partial charge in [0, 0.05) is 11.1 Å². The first-order chi connectivity index (χ1) is 8.96. The Balaban J connectivity index is 2.41. The number of benzene rings is 1. The van der Waals surface area contributed by atoms with E-state index in [1.165, 1.54) is 0 Å². The Hall–Kier alpha value is -1.42. The van der Waals surface area contributed by atoms with Crippen molar-refractivity contribution in [2.75, 3.05) is 19.8 Å². The summed E-state index contributed by atoms with van der Waals surface area (Å²) >= 11 is 6.25. The quantitative estimate of drug-likeness (QED) is 0.801. The maximum absolute atomic E-state index is 12.0. The van der Waals surface area contributed by atoms with Crippen LogP contribution >= 0.6 is 11.6 Å². The highest BCUT2D eigenvalue weighted by molar-refractivity contribution is 6.32. The molecular formula is C14H17ClO4. The van der Waals surface area contributed by atoms with Crippen molar-refractivity contribution in [3.63, 3.8) is 0 Å². The highest BCUT2D eigenvalue weighted by Crippen LogP contribution is 2.40. The maximum atomic E-state index is 12.0. The van der Waals surface area contributed by atoms with E-state index in [1.807, 2.05) is 0 Å². The molecule has 0 saturated carbocycles. The molecule has 0 aromatic heterocycles. The van der Waals surface area contributed by atoms with Gasteiger partial charge in [-0.05, 0) is 32.4 Å². The second kappa shape index (κ2) is 5.29. The molecule has 1 aromatic carbocycles. The Morgan fingerprint density at radius 1 is 1.32 bits per heavy atom. The number of hydrogen-bond acceptors (Lipinski definition) is 4. The zero-order valence-corrected chi connectivity index (χ0v) is 12.0. The molecule has 0 fully saturated rings. The molecular weight excluding hydrogens is 268 g/mol. The van der Waals surface area contributed by atoms with Gasteiger partial charge in [0.15, 0.2) is 11.5 Å². The van der Waals surface area contributed by atoms with Gasteiger partial charge in [-0.2, -0.15) is 0 Å². The fraction of sp³-hybridized carbons (Fsp3) is 0.500. The van der Waals surface area contributed by atoms with Gasteiger partial charge in [0.2, 0.25) is 0 Å². The van der Waals surface area contributed by atoms with Crippen LogP contribution in [0.15, 0.2) is 12.1 Å². The van der Waals surface area contributed by atoms with Gasteiger partial charge in [0.1, 0.15) is 13.2 Å². The van der Waals surface area contributed by atoms with Gasteiger partial charge in [-0.15, -0.1) is 0 Å². The van der Waals surface area contributed by atoms with Crippen LogP contribution in [0.4, 0.5) is 0 Å². The lowest BCUT2D eigenvalue weighted by atomic mass is 9.84. The Bertz CT molecular complexity index is 496. The first-order valence-electron chi connectivity index (χ1n) is 6.23. The summed E-state index contributed by atoms with van der Waals surface area (Å²) < 4.78 is 16.1. The predicted octanol–water partition coefficient (Wildman–Crippen LogP) is 2.95. The zero-order valence-electron chi connectivity index (χ0n) is 11.3. The molecule has 0 atom stereocenters. The molecule has 1 aromatic rings. The number of carbonyl (C=O) groups excluding carboxylic acids is 1. The third kappa shape index (κ3) is 2.63. The van der Waals surface area contributed by atoms with Gasteiger partial charge in [0.05, 0.1) is 12.0 Å². The molecule has 2 rings (SSSR count). The number of fused-ring (bicyclic) bond motifs is 1. The molecule has 5 heteroatoms. The van der Waals surface area contributed by atoms with Crippen molar-refractivity contribution in [3.8, 4) is 11.5 Å². The number of rotatable bonds is 3. The largest absolute Gasteiger partial charge is 0.486 e. The van der Waals surface area contributed by atoms with Crippen LogP contribution in [-0.2, 0) is 14.9 Å². The van der Waals surface area contributed by atoms with Crippen LogP contribution in [0.1, 0.15) is 26.3 Å². The van der Waals surface area contributed by atoms with Crippen molar-refractivity contribution < 1.29 is 19.0 Å². The van der Waals surface area contributed by atoms with Crippen LogP contribution in [0.3, 0.4) is 0 Å². The molecule has 0 N–H and O–H groups in total. The fourth-order valence-electron chi connectivity index (χ4n) is 1.96. The van der Waals surface area contributed by atoms with Crippen molar-refractivity contribution in [3.05, 3.63) is 22.7 Å². The van der Waals surface area contributed by atoms with Crippen molar-refractivity contribution in [1.29, 1.82) is 0 Å². The van der Waals surface area contributed by atoms with Crippen LogP contribution in [0.5, 0.6) is 11.5 Å². The number of ether oxygens (including phenoxy) is 3. The van der Waals surface area contributed by atoms with E-state index < -0.39 is 5.41 Å². The van der Waals surface area contributed by atoms with Crippen molar-refractivity contribution >= 4 is 17.6 Å². The van der Waals surface area contributed by atoms with Crippen molar-refractivity contribution in [2.45, 2.75) is 26.2 Å². The van der Waals surface area contributed by atoms with E-state index in [9.17, 15) is 4.79 Å². The smallest absolute Gasteiger partial charge is 0.316 e. The Morgan fingerprint density at radius 2 is 1.89 bits per heavy atom. The highest BCUT2D eigenvalue weighted by atomic mass is 35.5. The van der Waals surface area contributed by atoms with Gasteiger partial charge >= 0.3 is 5.97 Å². The maximum Gasteiger partial charge on any atom is 0.316 e. The number of esters is 1. The second-order valence-corrected chi connectivity index (χ2v) is 5.23. The van der Waals surface area contributed by atoms with Crippen LogP contribution in [0.25, 0.3) is 0 Å². The van der Waals surface area contributed by atoms with E-state index in [0.29, 0.717) is 41.9 Å². The minimum atomic E-state index is -0.830. The van der Waals surface area contributed by atoms with Gasteiger partial charge in [0.25, 0.3) is 0 Å². The minimum absolute atomic E-state index is 0.312. The molecule has 0 saturated heterocycles. The number of carbonyl (C=O) groups is 1. The summed E-state index contributed by atoms with van der Waals surface area (Å²) in [6.45, 7) is 6.67. The summed E-state index contributed by atoms with van der Waals surface area (Å²) in [5.74, 6) is 0.913. The molecule has 0 bridgehead atoms. The molecule has 1 aliphatic heterocycles. The first kappa shape index (κ1) is 14.0. The highest BCUT2D eigenvalue weighted by Gasteiger charge is 2.34.